The zero-order valence-electron chi connectivity index (χ0n) is 11.4. The normalized spacial score (nSPS) is 16.4. The molecule has 3 rings (SSSR count). The standard InChI is InChI=1S/C15H19ClN4/c16-14-12-13(4-9-19-10-6-17-7-11-19)2-3-15(14)20-8-1-5-18-20/h1-3,5,8,12,17H,4,6-7,9-11H2. The molecule has 0 bridgehead atoms. The van der Waals surface area contributed by atoms with E-state index in [9.17, 15) is 0 Å². The fraction of sp³-hybridized carbons (Fsp3) is 0.400. The lowest BCUT2D eigenvalue weighted by molar-refractivity contribution is 0.244. The van der Waals surface area contributed by atoms with Gasteiger partial charge in [0.05, 0.1) is 10.7 Å². The van der Waals surface area contributed by atoms with Gasteiger partial charge in [-0.05, 0) is 30.2 Å². The fourth-order valence-corrected chi connectivity index (χ4v) is 2.81. The van der Waals surface area contributed by atoms with Crippen molar-refractivity contribution in [1.29, 1.82) is 0 Å². The molecule has 2 heterocycles. The first-order valence-corrected chi connectivity index (χ1v) is 7.42. The minimum atomic E-state index is 0.756. The summed E-state index contributed by atoms with van der Waals surface area (Å²) < 4.78 is 1.79. The summed E-state index contributed by atoms with van der Waals surface area (Å²) >= 11 is 6.36. The number of nitrogens with zero attached hydrogens (tertiary/aromatic N) is 3. The van der Waals surface area contributed by atoms with E-state index in [1.165, 1.54) is 5.56 Å². The van der Waals surface area contributed by atoms with Gasteiger partial charge in [-0.1, -0.05) is 17.7 Å². The highest BCUT2D eigenvalue weighted by molar-refractivity contribution is 6.32. The predicted molar refractivity (Wildman–Crippen MR) is 81.6 cm³/mol. The third-order valence-corrected chi connectivity index (χ3v) is 3.99. The van der Waals surface area contributed by atoms with Crippen LogP contribution in [0.25, 0.3) is 5.69 Å². The molecule has 1 aliphatic heterocycles. The third kappa shape index (κ3) is 3.20. The Hall–Kier alpha value is -1.36. The Morgan fingerprint density at radius 3 is 2.80 bits per heavy atom. The number of hydrogen-bond donors (Lipinski definition) is 1. The Morgan fingerprint density at radius 1 is 1.25 bits per heavy atom. The summed E-state index contributed by atoms with van der Waals surface area (Å²) in [7, 11) is 0. The summed E-state index contributed by atoms with van der Waals surface area (Å²) in [4.78, 5) is 2.49. The van der Waals surface area contributed by atoms with Crippen molar-refractivity contribution in [3.63, 3.8) is 0 Å². The molecule has 4 nitrogen and oxygen atoms in total. The SMILES string of the molecule is Clc1cc(CCN2CCNCC2)ccc1-n1cccn1. The van der Waals surface area contributed by atoms with E-state index in [0.717, 1.165) is 49.9 Å². The molecule has 1 aliphatic rings. The zero-order chi connectivity index (χ0) is 13.8. The summed E-state index contributed by atoms with van der Waals surface area (Å²) in [5.74, 6) is 0. The Morgan fingerprint density at radius 2 is 2.10 bits per heavy atom. The average Bonchev–Trinajstić information content (AvgIpc) is 3.00. The maximum Gasteiger partial charge on any atom is 0.0831 e. The van der Waals surface area contributed by atoms with Crippen molar-refractivity contribution >= 4 is 11.6 Å². The maximum absolute atomic E-state index is 6.36. The first-order chi connectivity index (χ1) is 9.83. The second kappa shape index (κ2) is 6.39. The molecule has 0 saturated carbocycles. The van der Waals surface area contributed by atoms with E-state index in [-0.39, 0.29) is 0 Å². The molecule has 0 atom stereocenters. The number of benzene rings is 1. The van der Waals surface area contributed by atoms with Crippen LogP contribution in [0.2, 0.25) is 5.02 Å². The molecule has 0 unspecified atom stereocenters. The number of rotatable bonds is 4. The smallest absolute Gasteiger partial charge is 0.0831 e. The number of piperazine rings is 1. The molecule has 0 spiro atoms. The first-order valence-electron chi connectivity index (χ1n) is 7.04. The topological polar surface area (TPSA) is 33.1 Å². The van der Waals surface area contributed by atoms with Crippen LogP contribution in [0.3, 0.4) is 0 Å². The van der Waals surface area contributed by atoms with Gasteiger partial charge in [-0.15, -0.1) is 0 Å². The maximum atomic E-state index is 6.36. The molecule has 1 fully saturated rings. The van der Waals surface area contributed by atoms with Crippen LogP contribution in [0.4, 0.5) is 0 Å². The van der Waals surface area contributed by atoms with Crippen LogP contribution in [0.15, 0.2) is 36.7 Å². The van der Waals surface area contributed by atoms with Gasteiger partial charge >= 0.3 is 0 Å². The molecule has 1 aromatic carbocycles. The summed E-state index contributed by atoms with van der Waals surface area (Å²) in [6.45, 7) is 5.56. The van der Waals surface area contributed by atoms with Gasteiger partial charge in [-0.25, -0.2) is 4.68 Å². The predicted octanol–water partition coefficient (Wildman–Crippen LogP) is 1.97. The van der Waals surface area contributed by atoms with E-state index < -0.39 is 0 Å². The van der Waals surface area contributed by atoms with Gasteiger partial charge in [-0.3, -0.25) is 0 Å². The summed E-state index contributed by atoms with van der Waals surface area (Å²) in [6.07, 6.45) is 4.70. The lowest BCUT2D eigenvalue weighted by Crippen LogP contribution is -2.44. The minimum absolute atomic E-state index is 0.756. The van der Waals surface area contributed by atoms with Gasteiger partial charge in [0.1, 0.15) is 0 Å². The van der Waals surface area contributed by atoms with Crippen LogP contribution in [-0.4, -0.2) is 47.4 Å². The third-order valence-electron chi connectivity index (χ3n) is 3.69. The van der Waals surface area contributed by atoms with Crippen molar-refractivity contribution in [3.05, 3.63) is 47.2 Å². The minimum Gasteiger partial charge on any atom is -0.314 e. The molecule has 0 radical (unpaired) electrons. The van der Waals surface area contributed by atoms with Gasteiger partial charge in [0, 0.05) is 45.1 Å². The van der Waals surface area contributed by atoms with E-state index in [2.05, 4.69) is 27.4 Å². The molecule has 0 aliphatic carbocycles. The van der Waals surface area contributed by atoms with Crippen molar-refractivity contribution in [2.45, 2.75) is 6.42 Å². The second-order valence-corrected chi connectivity index (χ2v) is 5.49. The molecule has 1 N–H and O–H groups in total. The van der Waals surface area contributed by atoms with E-state index in [4.69, 9.17) is 11.6 Å². The largest absolute Gasteiger partial charge is 0.314 e. The molecule has 2 aromatic rings. The van der Waals surface area contributed by atoms with Crippen LogP contribution >= 0.6 is 11.6 Å². The van der Waals surface area contributed by atoms with Gasteiger partial charge in [0.15, 0.2) is 0 Å². The second-order valence-electron chi connectivity index (χ2n) is 5.08. The summed E-state index contributed by atoms with van der Waals surface area (Å²) in [6, 6.07) is 8.14. The average molecular weight is 291 g/mol. The molecule has 1 aromatic heterocycles. The highest BCUT2D eigenvalue weighted by atomic mass is 35.5. The zero-order valence-corrected chi connectivity index (χ0v) is 12.2. The van der Waals surface area contributed by atoms with Crippen LogP contribution in [0, 0.1) is 0 Å². The van der Waals surface area contributed by atoms with Crippen molar-refractivity contribution in [1.82, 2.24) is 20.0 Å². The van der Waals surface area contributed by atoms with Crippen molar-refractivity contribution in [3.8, 4) is 5.69 Å². The van der Waals surface area contributed by atoms with E-state index in [1.54, 1.807) is 10.9 Å². The Labute approximate surface area is 124 Å². The van der Waals surface area contributed by atoms with Crippen LogP contribution in [0.5, 0.6) is 0 Å². The van der Waals surface area contributed by atoms with Crippen molar-refractivity contribution in [2.24, 2.45) is 0 Å². The van der Waals surface area contributed by atoms with Crippen LogP contribution < -0.4 is 5.32 Å². The van der Waals surface area contributed by atoms with E-state index in [1.807, 2.05) is 18.3 Å². The molecule has 0 amide bonds. The molecule has 106 valence electrons. The van der Waals surface area contributed by atoms with Crippen LogP contribution in [0.1, 0.15) is 5.56 Å². The van der Waals surface area contributed by atoms with E-state index in [0.29, 0.717) is 0 Å². The van der Waals surface area contributed by atoms with Crippen molar-refractivity contribution < 1.29 is 0 Å². The number of nitrogens with one attached hydrogen (secondary N) is 1. The van der Waals surface area contributed by atoms with Gasteiger partial charge < -0.3 is 10.2 Å². The van der Waals surface area contributed by atoms with Crippen LogP contribution in [-0.2, 0) is 6.42 Å². The van der Waals surface area contributed by atoms with Gasteiger partial charge in [-0.2, -0.15) is 5.10 Å². The monoisotopic (exact) mass is 290 g/mol. The first kappa shape index (κ1) is 13.6. The molecular formula is C15H19ClN4. The van der Waals surface area contributed by atoms with Crippen molar-refractivity contribution in [2.75, 3.05) is 32.7 Å². The highest BCUT2D eigenvalue weighted by Crippen LogP contribution is 2.21. The van der Waals surface area contributed by atoms with E-state index >= 15 is 0 Å². The highest BCUT2D eigenvalue weighted by Gasteiger charge is 2.10. The summed E-state index contributed by atoms with van der Waals surface area (Å²) in [5.41, 5.74) is 2.21. The Balaban J connectivity index is 1.64. The Bertz CT molecular complexity index is 547. The molecule has 1 saturated heterocycles. The summed E-state index contributed by atoms with van der Waals surface area (Å²) in [5, 5.41) is 8.34. The lowest BCUT2D eigenvalue weighted by Gasteiger charge is -2.27. The van der Waals surface area contributed by atoms with Gasteiger partial charge in [0.2, 0.25) is 0 Å². The molecule has 5 heteroatoms. The number of aromatic nitrogens is 2. The molecule has 20 heavy (non-hydrogen) atoms. The number of halogens is 1. The molecular weight excluding hydrogens is 272 g/mol. The van der Waals surface area contributed by atoms with Gasteiger partial charge in [0.25, 0.3) is 0 Å². The quantitative estimate of drug-likeness (QED) is 0.935. The fourth-order valence-electron chi connectivity index (χ4n) is 2.52. The Kier molecular flexibility index (Phi) is 4.35. The number of hydrogen-bond acceptors (Lipinski definition) is 3. The lowest BCUT2D eigenvalue weighted by atomic mass is 10.1.